The average molecular weight is 441 g/mol. The molecule has 0 fully saturated rings. The van der Waals surface area contributed by atoms with Crippen molar-refractivity contribution in [1.82, 2.24) is 5.32 Å². The van der Waals surface area contributed by atoms with Crippen molar-refractivity contribution in [3.8, 4) is 11.1 Å². The van der Waals surface area contributed by atoms with Crippen molar-refractivity contribution < 1.29 is 36.3 Å². The van der Waals surface area contributed by atoms with Crippen molar-refractivity contribution in [2.45, 2.75) is 18.0 Å². The van der Waals surface area contributed by atoms with Crippen molar-refractivity contribution in [2.24, 2.45) is 11.7 Å². The maximum absolute atomic E-state index is 13.2. The van der Waals surface area contributed by atoms with Gasteiger partial charge in [-0.3, -0.25) is 14.4 Å². The summed E-state index contributed by atoms with van der Waals surface area (Å²) in [5.41, 5.74) is 6.89. The fraction of sp³-hybridized carbons (Fsp3) is 0.250. The van der Waals surface area contributed by atoms with Gasteiger partial charge in [0.15, 0.2) is 0 Å². The molecule has 0 spiro atoms. The number of nitrogens with two attached hydrogens (primary N) is 1. The summed E-state index contributed by atoms with van der Waals surface area (Å²) >= 11 is 0. The van der Waals surface area contributed by atoms with Gasteiger partial charge in [-0.25, -0.2) is 0 Å². The van der Waals surface area contributed by atoms with Gasteiger partial charge in [0.2, 0.25) is 17.7 Å². The van der Waals surface area contributed by atoms with Gasteiger partial charge >= 0.3 is 12.1 Å². The van der Waals surface area contributed by atoms with Gasteiger partial charge in [0.25, 0.3) is 0 Å². The minimum Gasteiger partial charge on any atom is -0.369 e. The van der Waals surface area contributed by atoms with E-state index in [2.05, 4.69) is 5.32 Å². The van der Waals surface area contributed by atoms with Crippen molar-refractivity contribution in [3.63, 3.8) is 0 Å². The summed E-state index contributed by atoms with van der Waals surface area (Å²) < 4.78 is 63.7. The predicted octanol–water partition coefficient (Wildman–Crippen LogP) is 2.80. The van der Waals surface area contributed by atoms with E-state index in [-0.39, 0.29) is 5.56 Å². The zero-order chi connectivity index (χ0) is 23.0. The summed E-state index contributed by atoms with van der Waals surface area (Å²) in [5, 5.41) is 3.96. The highest BCUT2D eigenvalue weighted by molar-refractivity contribution is 6.11. The zero-order valence-corrected chi connectivity index (χ0v) is 15.7. The van der Waals surface area contributed by atoms with Crippen LogP contribution >= 0.6 is 0 Å². The molecule has 164 valence electrons. The molecular formula is C20H16F5N3O3. The number of halogens is 5. The topological polar surface area (TPSA) is 101 Å². The minimum atomic E-state index is -5.91. The first kappa shape index (κ1) is 22.2. The second-order valence-electron chi connectivity index (χ2n) is 6.90. The molecule has 6 nitrogen and oxygen atoms in total. The van der Waals surface area contributed by atoms with Gasteiger partial charge in [0, 0.05) is 11.3 Å². The molecule has 3 amide bonds. The van der Waals surface area contributed by atoms with Crippen molar-refractivity contribution >= 4 is 23.4 Å². The predicted molar refractivity (Wildman–Crippen MR) is 99.9 cm³/mol. The normalized spacial score (nSPS) is 16.9. The number of fused-ring (bicyclic) bond motifs is 3. The van der Waals surface area contributed by atoms with Gasteiger partial charge in [0.1, 0.15) is 5.92 Å². The highest BCUT2D eigenvalue weighted by Crippen LogP contribution is 2.41. The van der Waals surface area contributed by atoms with Gasteiger partial charge < -0.3 is 16.4 Å². The van der Waals surface area contributed by atoms with Crippen molar-refractivity contribution in [1.29, 1.82) is 0 Å². The molecule has 0 aromatic heterocycles. The van der Waals surface area contributed by atoms with Gasteiger partial charge in [0.05, 0.1) is 12.5 Å². The molecule has 0 saturated heterocycles. The third-order valence-electron chi connectivity index (χ3n) is 4.88. The Morgan fingerprint density at radius 3 is 2.19 bits per heavy atom. The Labute approximate surface area is 172 Å². The molecule has 11 heteroatoms. The van der Waals surface area contributed by atoms with Crippen LogP contribution in [0.25, 0.3) is 11.1 Å². The molecule has 1 heterocycles. The second kappa shape index (κ2) is 7.97. The molecule has 2 aromatic rings. The summed E-state index contributed by atoms with van der Waals surface area (Å²) in [7, 11) is 0. The van der Waals surface area contributed by atoms with Crippen LogP contribution in [0, 0.1) is 5.92 Å². The van der Waals surface area contributed by atoms with Crippen LogP contribution in [0.3, 0.4) is 0 Å². The van der Waals surface area contributed by atoms with Crippen LogP contribution in [-0.4, -0.2) is 36.4 Å². The molecule has 4 N–H and O–H groups in total. The molecule has 0 aliphatic carbocycles. The fourth-order valence-corrected chi connectivity index (χ4v) is 3.38. The van der Waals surface area contributed by atoms with E-state index >= 15 is 0 Å². The third kappa shape index (κ3) is 4.21. The largest absolute Gasteiger partial charge is 0.455 e. The fourth-order valence-electron chi connectivity index (χ4n) is 3.38. The lowest BCUT2D eigenvalue weighted by Crippen LogP contribution is -2.51. The molecule has 0 saturated carbocycles. The van der Waals surface area contributed by atoms with Crippen LogP contribution in [0.2, 0.25) is 0 Å². The molecule has 2 atom stereocenters. The number of alkyl halides is 5. The molecule has 1 unspecified atom stereocenters. The summed E-state index contributed by atoms with van der Waals surface area (Å²) in [5.74, 6) is -12.5. The second-order valence-corrected chi connectivity index (χ2v) is 6.90. The van der Waals surface area contributed by atoms with E-state index in [0.717, 1.165) is 0 Å². The van der Waals surface area contributed by atoms with E-state index in [1.165, 1.54) is 17.4 Å². The maximum atomic E-state index is 13.2. The summed E-state index contributed by atoms with van der Waals surface area (Å²) in [6.45, 7) is -2.10. The number of carbonyl (C=O) groups excluding carboxylic acids is 3. The van der Waals surface area contributed by atoms with Crippen LogP contribution in [0.4, 0.5) is 27.6 Å². The van der Waals surface area contributed by atoms with Crippen LogP contribution in [0.5, 0.6) is 0 Å². The minimum absolute atomic E-state index is 0.200. The van der Waals surface area contributed by atoms with Gasteiger partial charge in [-0.15, -0.1) is 0 Å². The van der Waals surface area contributed by atoms with Crippen LogP contribution < -0.4 is 16.4 Å². The molecule has 1 aliphatic rings. The average Bonchev–Trinajstić information content (AvgIpc) is 2.80. The lowest BCUT2D eigenvalue weighted by molar-refractivity contribution is -0.278. The maximum Gasteiger partial charge on any atom is 0.455 e. The molecule has 1 aliphatic heterocycles. The molecule has 3 rings (SSSR count). The number of rotatable bonds is 5. The highest BCUT2D eigenvalue weighted by atomic mass is 19.4. The van der Waals surface area contributed by atoms with E-state index in [4.69, 9.17) is 5.73 Å². The molecule has 31 heavy (non-hydrogen) atoms. The first-order valence-corrected chi connectivity index (χ1v) is 8.95. The SMILES string of the molecule is NC(=O)C(C(=O)NCC(F)(F)C(F)(F)F)[C@@H]1C(=O)Nc2ccccc2-c2ccccc21. The Balaban J connectivity index is 2.01. The number of anilines is 1. The highest BCUT2D eigenvalue weighted by Gasteiger charge is 2.57. The van der Waals surface area contributed by atoms with Crippen molar-refractivity contribution in [2.75, 3.05) is 11.9 Å². The van der Waals surface area contributed by atoms with Gasteiger partial charge in [-0.2, -0.15) is 22.0 Å². The Hall–Kier alpha value is -3.50. The molecule has 2 aromatic carbocycles. The zero-order valence-electron chi connectivity index (χ0n) is 15.7. The van der Waals surface area contributed by atoms with E-state index in [1.807, 2.05) is 0 Å². The Morgan fingerprint density at radius 1 is 1.00 bits per heavy atom. The van der Waals surface area contributed by atoms with Gasteiger partial charge in [-0.1, -0.05) is 42.5 Å². The lowest BCUT2D eigenvalue weighted by atomic mass is 9.81. The number of para-hydroxylation sites is 1. The first-order chi connectivity index (χ1) is 14.4. The van der Waals surface area contributed by atoms with Crippen LogP contribution in [-0.2, 0) is 14.4 Å². The third-order valence-corrected chi connectivity index (χ3v) is 4.88. The summed E-state index contributed by atoms with van der Waals surface area (Å²) in [6.07, 6.45) is -5.91. The van der Waals surface area contributed by atoms with E-state index < -0.39 is 48.2 Å². The lowest BCUT2D eigenvalue weighted by Gasteiger charge is -2.25. The van der Waals surface area contributed by atoms with E-state index in [9.17, 15) is 36.3 Å². The quantitative estimate of drug-likeness (QED) is 0.491. The summed E-state index contributed by atoms with van der Waals surface area (Å²) in [4.78, 5) is 37.5. The Kier molecular flexibility index (Phi) is 5.70. The molecule has 0 bridgehead atoms. The Bertz CT molecular complexity index is 1040. The first-order valence-electron chi connectivity index (χ1n) is 8.95. The standard InChI is InChI=1S/C20H16F5N3O3/c21-19(22,20(23,24)25)9-27-17(30)15(16(26)29)14-12-7-2-1-5-10(12)11-6-3-4-8-13(11)28-18(14)31/h1-8,14-15H,9H2,(H2,26,29)(H,27,30)(H,28,31)/t14-,15?/m1/s1. The number of benzene rings is 2. The smallest absolute Gasteiger partial charge is 0.369 e. The van der Waals surface area contributed by atoms with E-state index in [1.54, 1.807) is 36.4 Å². The number of hydrogen-bond donors (Lipinski definition) is 3. The van der Waals surface area contributed by atoms with Crippen LogP contribution in [0.15, 0.2) is 48.5 Å². The Morgan fingerprint density at radius 2 is 1.58 bits per heavy atom. The van der Waals surface area contributed by atoms with Crippen molar-refractivity contribution in [3.05, 3.63) is 54.1 Å². The monoisotopic (exact) mass is 441 g/mol. The molecular weight excluding hydrogens is 425 g/mol. The number of carbonyl (C=O) groups is 3. The number of primary amides is 1. The number of nitrogens with one attached hydrogen (secondary N) is 2. The van der Waals surface area contributed by atoms with Crippen LogP contribution in [0.1, 0.15) is 11.5 Å². The number of amides is 3. The summed E-state index contributed by atoms with van der Waals surface area (Å²) in [6, 6.07) is 12.8. The van der Waals surface area contributed by atoms with E-state index in [0.29, 0.717) is 16.8 Å². The number of hydrogen-bond acceptors (Lipinski definition) is 3. The molecule has 0 radical (unpaired) electrons. The van der Waals surface area contributed by atoms with Gasteiger partial charge in [-0.05, 0) is 17.2 Å².